The molecule has 1 amide bonds. The summed E-state index contributed by atoms with van der Waals surface area (Å²) in [5.41, 5.74) is 2.95. The van der Waals surface area contributed by atoms with Gasteiger partial charge in [-0.15, -0.1) is 0 Å². The number of carbonyl (C=O) groups excluding carboxylic acids is 2. The number of hydrogen-bond acceptors (Lipinski definition) is 7. The van der Waals surface area contributed by atoms with Crippen LogP contribution in [-0.4, -0.2) is 44.9 Å². The fourth-order valence-electron chi connectivity index (χ4n) is 4.98. The second kappa shape index (κ2) is 11.7. The van der Waals surface area contributed by atoms with Crippen LogP contribution in [0.4, 0.5) is 11.4 Å². The van der Waals surface area contributed by atoms with Crippen LogP contribution in [0.2, 0.25) is 5.02 Å². The number of aryl methyl sites for hydroxylation is 1. The second-order valence-corrected chi connectivity index (χ2v) is 11.9. The molecule has 1 aliphatic carbocycles. The average Bonchev–Trinajstić information content (AvgIpc) is 3.29. The zero-order valence-corrected chi connectivity index (χ0v) is 23.4. The summed E-state index contributed by atoms with van der Waals surface area (Å²) in [7, 11) is -3.68. The van der Waals surface area contributed by atoms with Crippen LogP contribution in [0.15, 0.2) is 41.5 Å². The second-order valence-electron chi connectivity index (χ2n) is 9.75. The first-order chi connectivity index (χ1) is 18.1. The Labute approximate surface area is 228 Å². The lowest BCUT2D eigenvalue weighted by atomic mass is 9.94. The standard InChI is InChI=1S/C27H33ClN4O5S/c1-4-37-27(34)18-10-12-21(22(15-18)31-38(3,35)36)25-16-23(26(33)29-20-8-6-5-7-9-20)30-32(25)24-13-11-19(28)14-17(24)2/h10-15,20,25,31H,4-9,16H2,1-3H3,(H,29,33). The summed E-state index contributed by atoms with van der Waals surface area (Å²) in [6.07, 6.45) is 6.53. The first-order valence-electron chi connectivity index (χ1n) is 12.8. The van der Waals surface area contributed by atoms with Crippen LogP contribution in [0.5, 0.6) is 0 Å². The Morgan fingerprint density at radius 1 is 1.13 bits per heavy atom. The molecule has 2 aliphatic rings. The lowest BCUT2D eigenvalue weighted by Gasteiger charge is -2.27. The molecular weight excluding hydrogens is 528 g/mol. The monoisotopic (exact) mass is 560 g/mol. The van der Waals surface area contributed by atoms with Gasteiger partial charge in [-0.2, -0.15) is 5.10 Å². The zero-order chi connectivity index (χ0) is 27.4. The Balaban J connectivity index is 1.75. The number of nitrogens with one attached hydrogen (secondary N) is 2. The molecule has 11 heteroatoms. The smallest absolute Gasteiger partial charge is 0.338 e. The van der Waals surface area contributed by atoms with Gasteiger partial charge in [0.1, 0.15) is 5.71 Å². The SMILES string of the molecule is CCOC(=O)c1ccc(C2CC(C(=O)NC3CCCCC3)=NN2c2ccc(Cl)cc2C)c(NS(C)(=O)=O)c1. The minimum atomic E-state index is -3.68. The Bertz CT molecular complexity index is 1360. The van der Waals surface area contributed by atoms with Gasteiger partial charge in [-0.3, -0.25) is 14.5 Å². The minimum Gasteiger partial charge on any atom is -0.462 e. The molecule has 38 heavy (non-hydrogen) atoms. The van der Waals surface area contributed by atoms with E-state index in [1.807, 2.05) is 19.1 Å². The molecule has 2 aromatic rings. The molecule has 9 nitrogen and oxygen atoms in total. The van der Waals surface area contributed by atoms with Gasteiger partial charge in [0.2, 0.25) is 10.0 Å². The van der Waals surface area contributed by atoms with E-state index in [0.29, 0.717) is 16.3 Å². The summed E-state index contributed by atoms with van der Waals surface area (Å²) in [4.78, 5) is 25.7. The number of anilines is 2. The molecule has 1 aliphatic heterocycles. The zero-order valence-electron chi connectivity index (χ0n) is 21.8. The summed E-state index contributed by atoms with van der Waals surface area (Å²) in [5, 5.41) is 10.2. The average molecular weight is 561 g/mol. The van der Waals surface area contributed by atoms with Crippen molar-refractivity contribution in [2.24, 2.45) is 5.10 Å². The van der Waals surface area contributed by atoms with Gasteiger partial charge >= 0.3 is 5.97 Å². The van der Waals surface area contributed by atoms with Crippen LogP contribution < -0.4 is 15.0 Å². The number of rotatable bonds is 8. The number of nitrogens with zero attached hydrogens (tertiary/aromatic N) is 2. The van der Waals surface area contributed by atoms with Crippen molar-refractivity contribution < 1.29 is 22.7 Å². The van der Waals surface area contributed by atoms with Crippen molar-refractivity contribution in [1.82, 2.24) is 5.32 Å². The van der Waals surface area contributed by atoms with E-state index in [4.69, 9.17) is 21.4 Å². The number of ether oxygens (including phenoxy) is 1. The molecule has 2 aromatic carbocycles. The Kier molecular flexibility index (Phi) is 8.62. The van der Waals surface area contributed by atoms with E-state index in [-0.39, 0.29) is 36.2 Å². The molecule has 0 aromatic heterocycles. The minimum absolute atomic E-state index is 0.120. The van der Waals surface area contributed by atoms with E-state index in [1.54, 1.807) is 30.1 Å². The van der Waals surface area contributed by atoms with E-state index in [1.165, 1.54) is 12.5 Å². The van der Waals surface area contributed by atoms with Gasteiger partial charge in [-0.25, -0.2) is 13.2 Å². The molecule has 1 atom stereocenters. The molecule has 0 bridgehead atoms. The molecule has 0 radical (unpaired) electrons. The summed E-state index contributed by atoms with van der Waals surface area (Å²) in [5.74, 6) is -0.784. The number of halogens is 1. The topological polar surface area (TPSA) is 117 Å². The van der Waals surface area contributed by atoms with Crippen LogP contribution in [0.25, 0.3) is 0 Å². The number of hydrogen-bond donors (Lipinski definition) is 2. The highest BCUT2D eigenvalue weighted by molar-refractivity contribution is 7.92. The molecule has 4 rings (SSSR count). The van der Waals surface area contributed by atoms with Crippen molar-refractivity contribution in [1.29, 1.82) is 0 Å². The molecule has 204 valence electrons. The maximum atomic E-state index is 13.3. The first kappa shape index (κ1) is 27.9. The molecule has 1 unspecified atom stereocenters. The lowest BCUT2D eigenvalue weighted by molar-refractivity contribution is -0.115. The highest BCUT2D eigenvalue weighted by Crippen LogP contribution is 2.41. The van der Waals surface area contributed by atoms with Crippen molar-refractivity contribution in [2.75, 3.05) is 22.6 Å². The van der Waals surface area contributed by atoms with Crippen LogP contribution in [0, 0.1) is 6.92 Å². The third-order valence-electron chi connectivity index (χ3n) is 6.74. The van der Waals surface area contributed by atoms with Gasteiger partial charge in [-0.1, -0.05) is 36.9 Å². The van der Waals surface area contributed by atoms with E-state index < -0.39 is 22.0 Å². The molecule has 0 spiro atoms. The molecule has 1 fully saturated rings. The summed E-state index contributed by atoms with van der Waals surface area (Å²) >= 11 is 6.20. The highest BCUT2D eigenvalue weighted by Gasteiger charge is 2.35. The van der Waals surface area contributed by atoms with Crippen molar-refractivity contribution >= 4 is 50.6 Å². The molecular formula is C27H33ClN4O5S. The van der Waals surface area contributed by atoms with Gasteiger partial charge in [0.05, 0.1) is 35.8 Å². The molecule has 1 saturated carbocycles. The Morgan fingerprint density at radius 2 is 1.87 bits per heavy atom. The van der Waals surface area contributed by atoms with E-state index in [0.717, 1.165) is 43.2 Å². The van der Waals surface area contributed by atoms with Gasteiger partial charge in [0.25, 0.3) is 5.91 Å². The van der Waals surface area contributed by atoms with Gasteiger partial charge in [0, 0.05) is 23.0 Å². The van der Waals surface area contributed by atoms with E-state index in [9.17, 15) is 18.0 Å². The summed E-state index contributed by atoms with van der Waals surface area (Å²) < 4.78 is 32.2. The van der Waals surface area contributed by atoms with Crippen LogP contribution in [0.3, 0.4) is 0 Å². The highest BCUT2D eigenvalue weighted by atomic mass is 35.5. The number of sulfonamides is 1. The third kappa shape index (κ3) is 6.66. The predicted octanol–water partition coefficient (Wildman–Crippen LogP) is 4.95. The van der Waals surface area contributed by atoms with Gasteiger partial charge in [0.15, 0.2) is 0 Å². The Morgan fingerprint density at radius 3 is 2.53 bits per heavy atom. The van der Waals surface area contributed by atoms with Crippen molar-refractivity contribution in [3.8, 4) is 0 Å². The fourth-order valence-corrected chi connectivity index (χ4v) is 5.78. The molecule has 0 saturated heterocycles. The normalized spacial score (nSPS) is 18.2. The lowest BCUT2D eigenvalue weighted by Crippen LogP contribution is -2.39. The van der Waals surface area contributed by atoms with Crippen molar-refractivity contribution in [2.45, 2.75) is 64.5 Å². The van der Waals surface area contributed by atoms with Crippen LogP contribution >= 0.6 is 11.6 Å². The summed E-state index contributed by atoms with van der Waals surface area (Å²) in [6, 6.07) is 9.72. The number of benzene rings is 2. The van der Waals surface area contributed by atoms with Gasteiger partial charge < -0.3 is 10.1 Å². The maximum absolute atomic E-state index is 13.3. The number of carbonyl (C=O) groups is 2. The van der Waals surface area contributed by atoms with Crippen molar-refractivity contribution in [3.05, 3.63) is 58.1 Å². The van der Waals surface area contributed by atoms with E-state index >= 15 is 0 Å². The largest absolute Gasteiger partial charge is 0.462 e. The predicted molar refractivity (Wildman–Crippen MR) is 149 cm³/mol. The summed E-state index contributed by atoms with van der Waals surface area (Å²) in [6.45, 7) is 3.78. The maximum Gasteiger partial charge on any atom is 0.338 e. The number of esters is 1. The molecule has 1 heterocycles. The van der Waals surface area contributed by atoms with Crippen LogP contribution in [0.1, 0.15) is 73.0 Å². The Hall–Kier alpha value is -3.11. The van der Waals surface area contributed by atoms with E-state index in [2.05, 4.69) is 10.0 Å². The van der Waals surface area contributed by atoms with Gasteiger partial charge in [-0.05, 0) is 62.6 Å². The first-order valence-corrected chi connectivity index (χ1v) is 15.0. The van der Waals surface area contributed by atoms with Crippen molar-refractivity contribution in [3.63, 3.8) is 0 Å². The third-order valence-corrected chi connectivity index (χ3v) is 7.56. The quantitative estimate of drug-likeness (QED) is 0.441. The number of hydrazone groups is 1. The molecule has 2 N–H and O–H groups in total. The van der Waals surface area contributed by atoms with Crippen LogP contribution in [-0.2, 0) is 19.6 Å². The fraction of sp³-hybridized carbons (Fsp3) is 0.444. The number of amides is 1.